The number of carbonyl (C=O) groups excluding carboxylic acids is 3. The maximum atomic E-state index is 14.9. The van der Waals surface area contributed by atoms with E-state index in [0.717, 1.165) is 18.6 Å². The monoisotopic (exact) mass is 563 g/mol. The number of hydrogen-bond acceptors (Lipinski definition) is 4. The Kier molecular flexibility index (Phi) is 8.26. The van der Waals surface area contributed by atoms with Gasteiger partial charge in [0, 0.05) is 23.6 Å². The molecule has 11 heteroatoms. The van der Waals surface area contributed by atoms with Gasteiger partial charge in [0.05, 0.1) is 30.2 Å². The second-order valence-electron chi connectivity index (χ2n) is 11.1. The highest BCUT2D eigenvalue weighted by Crippen LogP contribution is 2.36. The van der Waals surface area contributed by atoms with Crippen molar-refractivity contribution in [3.8, 4) is 0 Å². The van der Waals surface area contributed by atoms with Gasteiger partial charge in [0.15, 0.2) is 0 Å². The van der Waals surface area contributed by atoms with Gasteiger partial charge in [0.2, 0.25) is 11.8 Å². The number of halogens is 4. The zero-order chi connectivity index (χ0) is 29.4. The molecular formula is C29H33F4N3O4. The molecule has 2 aliphatic rings. The Bertz CT molecular complexity index is 1290. The highest BCUT2D eigenvalue weighted by molar-refractivity contribution is 5.98. The summed E-state index contributed by atoms with van der Waals surface area (Å²) in [4.78, 5) is 40.7. The molecule has 2 aliphatic heterocycles. The lowest BCUT2D eigenvalue weighted by Crippen LogP contribution is -2.50. The minimum absolute atomic E-state index is 0.0400. The summed E-state index contributed by atoms with van der Waals surface area (Å²) < 4.78 is 59.4. The summed E-state index contributed by atoms with van der Waals surface area (Å²) >= 11 is 0. The quantitative estimate of drug-likeness (QED) is 0.467. The van der Waals surface area contributed by atoms with E-state index in [2.05, 4.69) is 5.32 Å². The average Bonchev–Trinajstić information content (AvgIpc) is 3.31. The van der Waals surface area contributed by atoms with Crippen LogP contribution < -0.4 is 11.1 Å². The van der Waals surface area contributed by atoms with Crippen LogP contribution in [0.2, 0.25) is 0 Å². The molecule has 0 aromatic heterocycles. The van der Waals surface area contributed by atoms with Crippen molar-refractivity contribution in [3.63, 3.8) is 0 Å². The minimum Gasteiger partial charge on any atom is -0.381 e. The molecule has 1 unspecified atom stereocenters. The molecule has 0 saturated carbocycles. The lowest BCUT2D eigenvalue weighted by atomic mass is 9.83. The molecule has 2 heterocycles. The van der Waals surface area contributed by atoms with Gasteiger partial charge in [-0.1, -0.05) is 31.5 Å². The average molecular weight is 564 g/mol. The van der Waals surface area contributed by atoms with E-state index in [1.807, 2.05) is 6.92 Å². The predicted molar refractivity (Wildman–Crippen MR) is 138 cm³/mol. The third-order valence-electron chi connectivity index (χ3n) is 8.07. The van der Waals surface area contributed by atoms with Crippen LogP contribution in [0.1, 0.15) is 66.7 Å². The van der Waals surface area contributed by atoms with Gasteiger partial charge in [-0.2, -0.15) is 13.2 Å². The van der Waals surface area contributed by atoms with Crippen LogP contribution >= 0.6 is 0 Å². The summed E-state index contributed by atoms with van der Waals surface area (Å²) in [6.45, 7) is 6.00. The molecule has 3 amide bonds. The first-order valence-electron chi connectivity index (χ1n) is 13.2. The van der Waals surface area contributed by atoms with Crippen molar-refractivity contribution in [2.45, 2.75) is 57.3 Å². The first kappa shape index (κ1) is 29.5. The Hall–Kier alpha value is -3.47. The number of carbonyl (C=O) groups is 3. The molecular weight excluding hydrogens is 530 g/mol. The molecule has 2 aromatic carbocycles. The number of nitrogens with zero attached hydrogens (tertiary/aromatic N) is 1. The number of hydrogen-bond donors (Lipinski definition) is 2. The number of alkyl halides is 3. The number of ether oxygens (including phenoxy) is 1. The van der Waals surface area contributed by atoms with Gasteiger partial charge in [-0.3, -0.25) is 14.4 Å². The summed E-state index contributed by atoms with van der Waals surface area (Å²) in [7, 11) is 0. The van der Waals surface area contributed by atoms with Crippen molar-refractivity contribution in [2.75, 3.05) is 19.8 Å². The second-order valence-corrected chi connectivity index (χ2v) is 11.1. The molecule has 2 fully saturated rings. The molecule has 2 aromatic rings. The van der Waals surface area contributed by atoms with Crippen molar-refractivity contribution in [1.82, 2.24) is 10.2 Å². The molecule has 0 radical (unpaired) electrons. The highest BCUT2D eigenvalue weighted by Gasteiger charge is 2.42. The smallest absolute Gasteiger partial charge is 0.381 e. The lowest BCUT2D eigenvalue weighted by molar-refractivity contribution is -0.138. The fourth-order valence-electron chi connectivity index (χ4n) is 5.14. The van der Waals surface area contributed by atoms with E-state index < -0.39 is 52.8 Å². The van der Waals surface area contributed by atoms with Crippen molar-refractivity contribution in [2.24, 2.45) is 17.6 Å². The van der Waals surface area contributed by atoms with E-state index in [9.17, 15) is 31.9 Å². The Morgan fingerprint density at radius 2 is 1.80 bits per heavy atom. The fourth-order valence-corrected chi connectivity index (χ4v) is 5.14. The van der Waals surface area contributed by atoms with Gasteiger partial charge < -0.3 is 20.7 Å². The van der Waals surface area contributed by atoms with Crippen LogP contribution in [-0.4, -0.2) is 48.4 Å². The molecule has 3 atom stereocenters. The third kappa shape index (κ3) is 5.84. The zero-order valence-corrected chi connectivity index (χ0v) is 22.6. The van der Waals surface area contributed by atoms with Crippen LogP contribution in [0.3, 0.4) is 0 Å². The second kappa shape index (κ2) is 11.2. The molecule has 0 bridgehead atoms. The van der Waals surface area contributed by atoms with Crippen molar-refractivity contribution in [3.05, 3.63) is 70.5 Å². The molecule has 3 N–H and O–H groups in total. The van der Waals surface area contributed by atoms with Crippen LogP contribution in [0.25, 0.3) is 0 Å². The van der Waals surface area contributed by atoms with E-state index >= 15 is 0 Å². The molecule has 4 rings (SSSR count). The van der Waals surface area contributed by atoms with Gasteiger partial charge in [-0.25, -0.2) is 4.39 Å². The van der Waals surface area contributed by atoms with E-state index in [0.29, 0.717) is 30.2 Å². The van der Waals surface area contributed by atoms with Gasteiger partial charge in [0.25, 0.3) is 5.91 Å². The molecule has 2 saturated heterocycles. The maximum absolute atomic E-state index is 14.9. The fraction of sp³-hybridized carbons (Fsp3) is 0.483. The lowest BCUT2D eigenvalue weighted by Gasteiger charge is -2.36. The van der Waals surface area contributed by atoms with E-state index in [1.54, 1.807) is 38.1 Å². The number of likely N-dealkylation sites (tertiary alicyclic amines) is 1. The molecule has 0 aliphatic carbocycles. The van der Waals surface area contributed by atoms with E-state index in [4.69, 9.17) is 10.5 Å². The molecule has 7 nitrogen and oxygen atoms in total. The number of primary amides is 1. The minimum atomic E-state index is -4.71. The summed E-state index contributed by atoms with van der Waals surface area (Å²) in [5.41, 5.74) is 4.18. The number of benzene rings is 2. The molecule has 216 valence electrons. The predicted octanol–water partition coefficient (Wildman–Crippen LogP) is 4.35. The standard InChI is InChI=1S/C29H33F4N3O4/c1-4-16-10-23(36(13-16)26(38)17-6-5-7-19(11-17)28(2,3)27(34)39)25(37)35-24(18-14-40-15-18)21-9-8-20(12-22(21)30)29(31,32)33/h5-9,11-12,16,18,23-24H,4,10,13-15H2,1-3H3,(H2,34,39)(H,35,37)/t16-,23-,24?/m1/s1. The van der Waals surface area contributed by atoms with Crippen molar-refractivity contribution < 1.29 is 36.7 Å². The zero-order valence-electron chi connectivity index (χ0n) is 22.6. The maximum Gasteiger partial charge on any atom is 0.416 e. The Morgan fingerprint density at radius 1 is 1.10 bits per heavy atom. The van der Waals surface area contributed by atoms with Crippen LogP contribution in [0.4, 0.5) is 17.6 Å². The van der Waals surface area contributed by atoms with Gasteiger partial charge >= 0.3 is 6.18 Å². The Morgan fingerprint density at radius 3 is 2.35 bits per heavy atom. The van der Waals surface area contributed by atoms with Gasteiger partial charge in [-0.15, -0.1) is 0 Å². The van der Waals surface area contributed by atoms with Crippen molar-refractivity contribution in [1.29, 1.82) is 0 Å². The number of nitrogens with two attached hydrogens (primary N) is 1. The molecule has 0 spiro atoms. The topological polar surface area (TPSA) is 102 Å². The van der Waals surface area contributed by atoms with Gasteiger partial charge in [-0.05, 0) is 56.0 Å². The molecule has 40 heavy (non-hydrogen) atoms. The summed E-state index contributed by atoms with van der Waals surface area (Å²) in [6, 6.07) is 7.00. The summed E-state index contributed by atoms with van der Waals surface area (Å²) in [6.07, 6.45) is -3.61. The summed E-state index contributed by atoms with van der Waals surface area (Å²) in [5, 5.41) is 2.81. The number of rotatable bonds is 8. The van der Waals surface area contributed by atoms with Crippen LogP contribution in [0, 0.1) is 17.7 Å². The van der Waals surface area contributed by atoms with E-state index in [1.165, 1.54) is 4.90 Å². The highest BCUT2D eigenvalue weighted by atomic mass is 19.4. The van der Waals surface area contributed by atoms with Crippen LogP contribution in [-0.2, 0) is 25.9 Å². The van der Waals surface area contributed by atoms with Crippen molar-refractivity contribution >= 4 is 17.7 Å². The Balaban J connectivity index is 1.60. The first-order chi connectivity index (χ1) is 18.7. The van der Waals surface area contributed by atoms with Gasteiger partial charge in [0.1, 0.15) is 11.9 Å². The van der Waals surface area contributed by atoms with Crippen LogP contribution in [0.15, 0.2) is 42.5 Å². The normalized spacial score (nSPS) is 20.6. The first-order valence-corrected chi connectivity index (χ1v) is 13.2. The van der Waals surface area contributed by atoms with E-state index in [-0.39, 0.29) is 30.6 Å². The number of nitrogens with one attached hydrogen (secondary N) is 1. The SMILES string of the molecule is CC[C@@H]1C[C@H](C(=O)NC(c2ccc(C(F)(F)F)cc2F)C2COC2)N(C(=O)c2cccc(C(C)(C)C(N)=O)c2)C1. The Labute approximate surface area is 230 Å². The number of amides is 3. The van der Waals surface area contributed by atoms with Crippen LogP contribution in [0.5, 0.6) is 0 Å². The largest absolute Gasteiger partial charge is 0.416 e. The summed E-state index contributed by atoms with van der Waals surface area (Å²) in [5.74, 6) is -2.85. The third-order valence-corrected chi connectivity index (χ3v) is 8.07.